The van der Waals surface area contributed by atoms with Gasteiger partial charge in [-0.25, -0.2) is 4.39 Å². The van der Waals surface area contributed by atoms with Gasteiger partial charge in [0.25, 0.3) is 5.91 Å². The van der Waals surface area contributed by atoms with Crippen molar-refractivity contribution in [1.29, 1.82) is 0 Å². The molecule has 1 aromatic rings. The lowest BCUT2D eigenvalue weighted by Gasteiger charge is -2.04. The van der Waals surface area contributed by atoms with Gasteiger partial charge in [0.05, 0.1) is 12.1 Å². The van der Waals surface area contributed by atoms with Gasteiger partial charge in [-0.2, -0.15) is 0 Å². The molecule has 0 aliphatic carbocycles. The number of hydrogen-bond acceptors (Lipinski definition) is 1. The predicted molar refractivity (Wildman–Crippen MR) is 59.9 cm³/mol. The summed E-state index contributed by atoms with van der Waals surface area (Å²) in [4.78, 5) is 11.5. The highest BCUT2D eigenvalue weighted by molar-refractivity contribution is 9.10. The van der Waals surface area contributed by atoms with Crippen LogP contribution >= 0.6 is 15.9 Å². The summed E-state index contributed by atoms with van der Waals surface area (Å²) in [7, 11) is 0. The number of halogens is 2. The van der Waals surface area contributed by atoms with Crippen LogP contribution in [0, 0.1) is 17.7 Å². The van der Waals surface area contributed by atoms with Crippen molar-refractivity contribution in [2.75, 3.05) is 6.54 Å². The molecule has 0 spiro atoms. The van der Waals surface area contributed by atoms with Crippen LogP contribution in [0.25, 0.3) is 0 Å². The first-order chi connectivity index (χ1) is 7.16. The minimum absolute atomic E-state index is 0.00963. The molecule has 0 aliphatic heterocycles. The van der Waals surface area contributed by atoms with Crippen molar-refractivity contribution >= 4 is 21.8 Å². The van der Waals surface area contributed by atoms with Crippen LogP contribution in [0.1, 0.15) is 17.3 Å². The van der Waals surface area contributed by atoms with Crippen LogP contribution in [0.2, 0.25) is 0 Å². The summed E-state index contributed by atoms with van der Waals surface area (Å²) in [5.41, 5.74) is 0.00963. The van der Waals surface area contributed by atoms with Gasteiger partial charge >= 0.3 is 0 Å². The van der Waals surface area contributed by atoms with E-state index in [1.807, 2.05) is 0 Å². The Hall–Kier alpha value is -1.34. The molecule has 0 radical (unpaired) electrons. The van der Waals surface area contributed by atoms with Crippen molar-refractivity contribution in [3.63, 3.8) is 0 Å². The SMILES string of the molecule is CC#CCNC(=O)c1c(F)cccc1Br. The van der Waals surface area contributed by atoms with Gasteiger partial charge in [-0.15, -0.1) is 5.92 Å². The van der Waals surface area contributed by atoms with Gasteiger partial charge in [0.2, 0.25) is 0 Å². The molecule has 0 bridgehead atoms. The second-order valence-electron chi connectivity index (χ2n) is 2.71. The number of nitrogens with one attached hydrogen (secondary N) is 1. The highest BCUT2D eigenvalue weighted by atomic mass is 79.9. The molecule has 0 saturated carbocycles. The number of amides is 1. The van der Waals surface area contributed by atoms with Crippen molar-refractivity contribution in [3.8, 4) is 11.8 Å². The lowest BCUT2D eigenvalue weighted by molar-refractivity contribution is 0.0954. The van der Waals surface area contributed by atoms with Crippen LogP contribution in [0.4, 0.5) is 4.39 Å². The van der Waals surface area contributed by atoms with E-state index in [1.165, 1.54) is 12.1 Å². The Bertz CT molecular complexity index is 414. The zero-order valence-corrected chi connectivity index (χ0v) is 9.69. The van der Waals surface area contributed by atoms with Gasteiger partial charge in [-0.3, -0.25) is 4.79 Å². The molecular formula is C11H9BrFNO. The third-order valence-electron chi connectivity index (χ3n) is 1.70. The lowest BCUT2D eigenvalue weighted by atomic mass is 10.2. The first-order valence-electron chi connectivity index (χ1n) is 4.28. The summed E-state index contributed by atoms with van der Waals surface area (Å²) in [6.07, 6.45) is 0. The fourth-order valence-electron chi connectivity index (χ4n) is 1.02. The second-order valence-corrected chi connectivity index (χ2v) is 3.56. The Morgan fingerprint density at radius 2 is 2.33 bits per heavy atom. The maximum absolute atomic E-state index is 13.3. The van der Waals surface area contributed by atoms with E-state index in [9.17, 15) is 9.18 Å². The minimum Gasteiger partial charge on any atom is -0.341 e. The molecule has 78 valence electrons. The van der Waals surface area contributed by atoms with E-state index >= 15 is 0 Å². The Balaban J connectivity index is 2.85. The molecule has 1 N–H and O–H groups in total. The highest BCUT2D eigenvalue weighted by Gasteiger charge is 2.13. The molecule has 4 heteroatoms. The minimum atomic E-state index is -0.550. The molecule has 0 heterocycles. The van der Waals surface area contributed by atoms with E-state index in [0.29, 0.717) is 4.47 Å². The third kappa shape index (κ3) is 3.07. The standard InChI is InChI=1S/C11H9BrFNO/c1-2-3-7-14-11(15)10-8(12)5-4-6-9(10)13/h4-6H,7H2,1H3,(H,14,15). The maximum atomic E-state index is 13.3. The number of benzene rings is 1. The third-order valence-corrected chi connectivity index (χ3v) is 2.36. The number of carbonyl (C=O) groups is 1. The molecule has 0 saturated heterocycles. The number of hydrogen-bond donors (Lipinski definition) is 1. The normalized spacial score (nSPS) is 9.00. The molecule has 1 rings (SSSR count). The van der Waals surface area contributed by atoms with Gasteiger partial charge in [0.15, 0.2) is 0 Å². The number of carbonyl (C=O) groups excluding carboxylic acids is 1. The van der Waals surface area contributed by atoms with Crippen molar-refractivity contribution in [2.45, 2.75) is 6.92 Å². The number of rotatable bonds is 2. The molecular weight excluding hydrogens is 261 g/mol. The Morgan fingerprint density at radius 1 is 1.60 bits per heavy atom. The van der Waals surface area contributed by atoms with Crippen molar-refractivity contribution in [2.24, 2.45) is 0 Å². The molecule has 0 aromatic heterocycles. The van der Waals surface area contributed by atoms with Gasteiger partial charge in [0, 0.05) is 4.47 Å². The molecule has 0 atom stereocenters. The summed E-state index contributed by atoms with van der Waals surface area (Å²) in [6.45, 7) is 1.89. The average molecular weight is 270 g/mol. The molecule has 0 unspecified atom stereocenters. The van der Waals surface area contributed by atoms with E-state index in [4.69, 9.17) is 0 Å². The molecule has 1 aromatic carbocycles. The average Bonchev–Trinajstić information content (AvgIpc) is 2.18. The van der Waals surface area contributed by atoms with Crippen molar-refractivity contribution < 1.29 is 9.18 Å². The maximum Gasteiger partial charge on any atom is 0.256 e. The Morgan fingerprint density at radius 3 is 2.93 bits per heavy atom. The Kier molecular flexibility index (Phi) is 4.32. The second kappa shape index (κ2) is 5.52. The highest BCUT2D eigenvalue weighted by Crippen LogP contribution is 2.19. The summed E-state index contributed by atoms with van der Waals surface area (Å²) in [5.74, 6) is 4.28. The molecule has 0 fully saturated rings. The van der Waals surface area contributed by atoms with Gasteiger partial charge in [0.1, 0.15) is 5.82 Å². The van der Waals surface area contributed by atoms with Crippen LogP contribution in [-0.4, -0.2) is 12.5 Å². The summed E-state index contributed by atoms with van der Waals surface area (Å²) >= 11 is 3.12. The van der Waals surface area contributed by atoms with Crippen LogP contribution in [0.5, 0.6) is 0 Å². The molecule has 1 amide bonds. The van der Waals surface area contributed by atoms with E-state index < -0.39 is 11.7 Å². The molecule has 2 nitrogen and oxygen atoms in total. The zero-order valence-electron chi connectivity index (χ0n) is 8.10. The summed E-state index contributed by atoms with van der Waals surface area (Å²) in [5, 5.41) is 2.50. The zero-order chi connectivity index (χ0) is 11.3. The van der Waals surface area contributed by atoms with Crippen LogP contribution in [0.15, 0.2) is 22.7 Å². The summed E-state index contributed by atoms with van der Waals surface area (Å²) in [6, 6.07) is 4.39. The molecule has 0 aliphatic rings. The monoisotopic (exact) mass is 269 g/mol. The quantitative estimate of drug-likeness (QED) is 0.821. The van der Waals surface area contributed by atoms with E-state index in [0.717, 1.165) is 0 Å². The van der Waals surface area contributed by atoms with E-state index in [-0.39, 0.29) is 12.1 Å². The first-order valence-corrected chi connectivity index (χ1v) is 5.08. The topological polar surface area (TPSA) is 29.1 Å². The predicted octanol–water partition coefficient (Wildman–Crippen LogP) is 2.34. The van der Waals surface area contributed by atoms with Gasteiger partial charge < -0.3 is 5.32 Å². The van der Waals surface area contributed by atoms with Crippen LogP contribution in [-0.2, 0) is 0 Å². The van der Waals surface area contributed by atoms with Crippen molar-refractivity contribution in [1.82, 2.24) is 5.32 Å². The first kappa shape index (κ1) is 11.7. The van der Waals surface area contributed by atoms with Crippen LogP contribution < -0.4 is 5.32 Å². The largest absolute Gasteiger partial charge is 0.341 e. The lowest BCUT2D eigenvalue weighted by Crippen LogP contribution is -2.25. The Labute approximate surface area is 96.0 Å². The van der Waals surface area contributed by atoms with E-state index in [2.05, 4.69) is 33.1 Å². The smallest absolute Gasteiger partial charge is 0.256 e. The molecule has 15 heavy (non-hydrogen) atoms. The van der Waals surface area contributed by atoms with Crippen LogP contribution in [0.3, 0.4) is 0 Å². The van der Waals surface area contributed by atoms with E-state index in [1.54, 1.807) is 13.0 Å². The fraction of sp³-hybridized carbons (Fsp3) is 0.182. The fourth-order valence-corrected chi connectivity index (χ4v) is 1.54. The summed E-state index contributed by atoms with van der Waals surface area (Å²) < 4.78 is 13.7. The van der Waals surface area contributed by atoms with Crippen molar-refractivity contribution in [3.05, 3.63) is 34.1 Å². The van der Waals surface area contributed by atoms with Gasteiger partial charge in [-0.1, -0.05) is 12.0 Å². The van der Waals surface area contributed by atoms with Gasteiger partial charge in [-0.05, 0) is 35.0 Å².